The SMILES string of the molecule is O=C(O)c1coc2nc3ccc(O)cc3n12. The van der Waals surface area contributed by atoms with Crippen molar-refractivity contribution in [2.24, 2.45) is 0 Å². The Bertz CT molecular complexity index is 710. The number of benzene rings is 1. The fraction of sp³-hybridized carbons (Fsp3) is 0. The van der Waals surface area contributed by atoms with Crippen LogP contribution in [-0.4, -0.2) is 25.6 Å². The molecular weight excluding hydrogens is 212 g/mol. The molecule has 2 N–H and O–H groups in total. The minimum Gasteiger partial charge on any atom is -0.508 e. The Morgan fingerprint density at radius 3 is 3.00 bits per heavy atom. The molecule has 0 amide bonds. The van der Waals surface area contributed by atoms with Gasteiger partial charge in [0.05, 0.1) is 11.0 Å². The minimum atomic E-state index is -1.11. The lowest BCUT2D eigenvalue weighted by Crippen LogP contribution is -2.00. The molecule has 0 spiro atoms. The van der Waals surface area contributed by atoms with Gasteiger partial charge in [-0.3, -0.25) is 4.40 Å². The average Bonchev–Trinajstić information content (AvgIpc) is 2.76. The van der Waals surface area contributed by atoms with Crippen LogP contribution in [0.1, 0.15) is 10.5 Å². The van der Waals surface area contributed by atoms with Gasteiger partial charge in [0.25, 0.3) is 0 Å². The van der Waals surface area contributed by atoms with Crippen LogP contribution in [0.15, 0.2) is 28.9 Å². The molecule has 0 radical (unpaired) electrons. The van der Waals surface area contributed by atoms with Gasteiger partial charge in [0.1, 0.15) is 12.0 Å². The molecule has 0 saturated heterocycles. The number of hydrogen-bond acceptors (Lipinski definition) is 4. The van der Waals surface area contributed by atoms with Crippen molar-refractivity contribution in [3.63, 3.8) is 0 Å². The van der Waals surface area contributed by atoms with Crippen molar-refractivity contribution in [3.05, 3.63) is 30.2 Å². The highest BCUT2D eigenvalue weighted by atomic mass is 16.4. The average molecular weight is 218 g/mol. The Balaban J connectivity index is 2.52. The summed E-state index contributed by atoms with van der Waals surface area (Å²) in [7, 11) is 0. The molecule has 0 bridgehead atoms. The highest BCUT2D eigenvalue weighted by molar-refractivity contribution is 5.90. The van der Waals surface area contributed by atoms with Crippen LogP contribution < -0.4 is 0 Å². The van der Waals surface area contributed by atoms with Crippen molar-refractivity contribution in [2.75, 3.05) is 0 Å². The Morgan fingerprint density at radius 2 is 2.25 bits per heavy atom. The fourth-order valence-corrected chi connectivity index (χ4v) is 1.66. The zero-order valence-corrected chi connectivity index (χ0v) is 7.91. The number of aromatic carboxylic acids is 1. The van der Waals surface area contributed by atoms with Crippen molar-refractivity contribution < 1.29 is 19.4 Å². The Kier molecular flexibility index (Phi) is 1.51. The van der Waals surface area contributed by atoms with Crippen molar-refractivity contribution in [2.45, 2.75) is 0 Å². The number of aromatic hydroxyl groups is 1. The van der Waals surface area contributed by atoms with Gasteiger partial charge in [-0.1, -0.05) is 0 Å². The number of carbonyl (C=O) groups is 1. The van der Waals surface area contributed by atoms with Crippen LogP contribution in [-0.2, 0) is 0 Å². The summed E-state index contributed by atoms with van der Waals surface area (Å²) in [4.78, 5) is 15.0. The first kappa shape index (κ1) is 8.78. The number of phenols is 1. The molecule has 0 fully saturated rings. The molecule has 3 rings (SSSR count). The molecular formula is C10H6N2O4. The number of phenolic OH excluding ortho intramolecular Hbond substituents is 1. The normalized spacial score (nSPS) is 11.2. The van der Waals surface area contributed by atoms with Gasteiger partial charge in [0.2, 0.25) is 0 Å². The second kappa shape index (κ2) is 2.75. The summed E-state index contributed by atoms with van der Waals surface area (Å²) in [6.45, 7) is 0. The van der Waals surface area contributed by atoms with Crippen LogP contribution in [0.4, 0.5) is 0 Å². The van der Waals surface area contributed by atoms with Gasteiger partial charge in [-0.15, -0.1) is 0 Å². The number of hydrogen-bond donors (Lipinski definition) is 2. The third-order valence-electron chi connectivity index (χ3n) is 2.34. The Labute approximate surface area is 88.4 Å². The minimum absolute atomic E-state index is 0.0249. The standard InChI is InChI=1S/C10H6N2O4/c13-5-1-2-6-7(3-5)12-8(9(14)15)4-16-10(12)11-6/h1-4,13H,(H,14,15). The zero-order valence-electron chi connectivity index (χ0n) is 7.91. The number of oxazole rings is 1. The Morgan fingerprint density at radius 1 is 1.44 bits per heavy atom. The van der Waals surface area contributed by atoms with Crippen molar-refractivity contribution in [3.8, 4) is 5.75 Å². The summed E-state index contributed by atoms with van der Waals surface area (Å²) in [5.41, 5.74) is 1.05. The summed E-state index contributed by atoms with van der Waals surface area (Å²) in [6, 6.07) is 4.52. The maximum atomic E-state index is 10.9. The fourth-order valence-electron chi connectivity index (χ4n) is 1.66. The van der Waals surface area contributed by atoms with E-state index in [0.717, 1.165) is 6.26 Å². The number of aromatic nitrogens is 2. The van der Waals surface area contributed by atoms with E-state index in [9.17, 15) is 9.90 Å². The molecule has 2 heterocycles. The summed E-state index contributed by atoms with van der Waals surface area (Å²) in [5, 5.41) is 18.3. The molecule has 0 unspecified atom stereocenters. The largest absolute Gasteiger partial charge is 0.508 e. The van der Waals surface area contributed by atoms with E-state index < -0.39 is 5.97 Å². The summed E-state index contributed by atoms with van der Waals surface area (Å²) >= 11 is 0. The molecule has 6 nitrogen and oxygen atoms in total. The Hall–Kier alpha value is -2.50. The molecule has 3 aromatic rings. The van der Waals surface area contributed by atoms with E-state index in [0.29, 0.717) is 11.0 Å². The molecule has 0 atom stereocenters. The molecule has 16 heavy (non-hydrogen) atoms. The third-order valence-corrected chi connectivity index (χ3v) is 2.34. The van der Waals surface area contributed by atoms with E-state index in [2.05, 4.69) is 4.98 Å². The second-order valence-electron chi connectivity index (χ2n) is 3.33. The van der Waals surface area contributed by atoms with E-state index in [1.807, 2.05) is 0 Å². The van der Waals surface area contributed by atoms with Crippen LogP contribution in [0.5, 0.6) is 5.75 Å². The predicted octanol–water partition coefficient (Wildman–Crippen LogP) is 1.48. The van der Waals surface area contributed by atoms with Gasteiger partial charge < -0.3 is 14.6 Å². The smallest absolute Gasteiger partial charge is 0.356 e. The maximum absolute atomic E-state index is 10.9. The molecule has 1 aromatic carbocycles. The highest BCUT2D eigenvalue weighted by Crippen LogP contribution is 2.23. The van der Waals surface area contributed by atoms with Crippen LogP contribution >= 0.6 is 0 Å². The number of carboxylic acids is 1. The van der Waals surface area contributed by atoms with Crippen LogP contribution in [0.3, 0.4) is 0 Å². The summed E-state index contributed by atoms with van der Waals surface area (Å²) in [6.07, 6.45) is 1.12. The number of carboxylic acid groups (broad SMARTS) is 1. The van der Waals surface area contributed by atoms with Gasteiger partial charge in [0, 0.05) is 6.07 Å². The third kappa shape index (κ3) is 1.01. The summed E-state index contributed by atoms with van der Waals surface area (Å²) < 4.78 is 6.37. The topological polar surface area (TPSA) is 88.0 Å². The molecule has 80 valence electrons. The van der Waals surface area contributed by atoms with E-state index in [1.165, 1.54) is 16.5 Å². The van der Waals surface area contributed by atoms with Gasteiger partial charge >= 0.3 is 11.8 Å². The molecule has 6 heteroatoms. The molecule has 0 saturated carbocycles. The van der Waals surface area contributed by atoms with Crippen LogP contribution in [0.2, 0.25) is 0 Å². The molecule has 0 aliphatic carbocycles. The molecule has 0 aliphatic rings. The second-order valence-corrected chi connectivity index (χ2v) is 3.33. The van der Waals surface area contributed by atoms with Gasteiger partial charge in [-0.05, 0) is 12.1 Å². The number of fused-ring (bicyclic) bond motifs is 3. The first-order valence-corrected chi connectivity index (χ1v) is 4.49. The van der Waals surface area contributed by atoms with Crippen molar-refractivity contribution in [1.82, 2.24) is 9.38 Å². The van der Waals surface area contributed by atoms with Crippen molar-refractivity contribution in [1.29, 1.82) is 0 Å². The van der Waals surface area contributed by atoms with Gasteiger partial charge in [-0.25, -0.2) is 4.79 Å². The van der Waals surface area contributed by atoms with Gasteiger partial charge in [-0.2, -0.15) is 4.98 Å². The predicted molar refractivity (Wildman–Crippen MR) is 53.6 cm³/mol. The quantitative estimate of drug-likeness (QED) is 0.645. The van der Waals surface area contributed by atoms with E-state index in [1.54, 1.807) is 6.07 Å². The molecule has 2 aromatic heterocycles. The highest BCUT2D eigenvalue weighted by Gasteiger charge is 2.16. The van der Waals surface area contributed by atoms with Crippen LogP contribution in [0.25, 0.3) is 16.9 Å². The lowest BCUT2D eigenvalue weighted by atomic mass is 10.3. The van der Waals surface area contributed by atoms with E-state index >= 15 is 0 Å². The lowest BCUT2D eigenvalue weighted by molar-refractivity contribution is 0.0689. The molecule has 0 aliphatic heterocycles. The first-order chi connectivity index (χ1) is 7.66. The van der Waals surface area contributed by atoms with E-state index in [-0.39, 0.29) is 17.3 Å². The lowest BCUT2D eigenvalue weighted by Gasteiger charge is -1.94. The number of nitrogens with zero attached hydrogens (tertiary/aromatic N) is 2. The maximum Gasteiger partial charge on any atom is 0.356 e. The van der Waals surface area contributed by atoms with E-state index in [4.69, 9.17) is 9.52 Å². The zero-order chi connectivity index (χ0) is 11.3. The van der Waals surface area contributed by atoms with Crippen LogP contribution in [0, 0.1) is 0 Å². The van der Waals surface area contributed by atoms with Crippen molar-refractivity contribution >= 4 is 22.8 Å². The number of rotatable bonds is 1. The first-order valence-electron chi connectivity index (χ1n) is 4.49. The van der Waals surface area contributed by atoms with Gasteiger partial charge in [0.15, 0.2) is 5.69 Å². The number of imidazole rings is 1. The monoisotopic (exact) mass is 218 g/mol. The summed E-state index contributed by atoms with van der Waals surface area (Å²) in [5.74, 6) is -0.869.